The van der Waals surface area contributed by atoms with Gasteiger partial charge in [0.05, 0.1) is 0 Å². The fraction of sp³-hybridized carbons (Fsp3) is 0.538. The Morgan fingerprint density at radius 3 is 2.71 bits per heavy atom. The van der Waals surface area contributed by atoms with E-state index in [2.05, 4.69) is 10.0 Å². The van der Waals surface area contributed by atoms with Crippen LogP contribution in [0, 0.1) is 17.6 Å². The monoisotopic (exact) mass is 340 g/mol. The van der Waals surface area contributed by atoms with E-state index in [9.17, 15) is 17.2 Å². The number of hydrogen-bond donors (Lipinski definition) is 2. The van der Waals surface area contributed by atoms with Crippen molar-refractivity contribution in [1.29, 1.82) is 0 Å². The van der Waals surface area contributed by atoms with E-state index in [0.29, 0.717) is 6.07 Å². The summed E-state index contributed by atoms with van der Waals surface area (Å²) in [4.78, 5) is -0.645. The first-order valence-electron chi connectivity index (χ1n) is 6.58. The van der Waals surface area contributed by atoms with Crippen molar-refractivity contribution in [2.24, 2.45) is 5.92 Å². The summed E-state index contributed by atoms with van der Waals surface area (Å²) in [7, 11) is -4.05. The predicted octanol–water partition coefficient (Wildman–Crippen LogP) is 2.05. The number of benzene rings is 1. The van der Waals surface area contributed by atoms with Gasteiger partial charge in [0.15, 0.2) is 0 Å². The highest BCUT2D eigenvalue weighted by Gasteiger charge is 2.27. The van der Waals surface area contributed by atoms with Crippen LogP contribution in [0.15, 0.2) is 23.1 Å². The van der Waals surface area contributed by atoms with Gasteiger partial charge in [-0.1, -0.05) is 0 Å². The minimum Gasteiger partial charge on any atom is -0.316 e. The molecule has 1 heterocycles. The number of rotatable bonds is 4. The van der Waals surface area contributed by atoms with Gasteiger partial charge in [-0.15, -0.1) is 12.4 Å². The third-order valence-electron chi connectivity index (χ3n) is 3.57. The Morgan fingerprint density at radius 2 is 2.10 bits per heavy atom. The molecule has 120 valence electrons. The standard InChI is InChI=1S/C13H18F2N2O2S.ClH/c1-9(10-3-2-6-16-8-10)17-20(18,19)13-7-11(14)4-5-12(13)15;/h4-5,7,9-10,16-17H,2-3,6,8H2,1H3;1H. The van der Waals surface area contributed by atoms with Crippen LogP contribution in [0.4, 0.5) is 8.78 Å². The molecule has 2 unspecified atom stereocenters. The molecule has 4 nitrogen and oxygen atoms in total. The summed E-state index contributed by atoms with van der Waals surface area (Å²) in [5, 5.41) is 3.19. The van der Waals surface area contributed by atoms with Crippen molar-refractivity contribution in [3.8, 4) is 0 Å². The zero-order valence-corrected chi connectivity index (χ0v) is 13.2. The lowest BCUT2D eigenvalue weighted by molar-refractivity contribution is 0.320. The van der Waals surface area contributed by atoms with Gasteiger partial charge in [-0.05, 0) is 57.0 Å². The van der Waals surface area contributed by atoms with Crippen molar-refractivity contribution in [2.45, 2.75) is 30.7 Å². The van der Waals surface area contributed by atoms with Gasteiger partial charge < -0.3 is 5.32 Å². The van der Waals surface area contributed by atoms with Gasteiger partial charge in [-0.3, -0.25) is 0 Å². The lowest BCUT2D eigenvalue weighted by Crippen LogP contribution is -2.44. The molecule has 2 rings (SSSR count). The molecule has 1 aromatic rings. The molecule has 0 bridgehead atoms. The number of nitrogens with one attached hydrogen (secondary N) is 2. The highest BCUT2D eigenvalue weighted by molar-refractivity contribution is 7.89. The molecule has 0 saturated carbocycles. The molecular formula is C13H19ClF2N2O2S. The lowest BCUT2D eigenvalue weighted by Gasteiger charge is -2.28. The van der Waals surface area contributed by atoms with Crippen LogP contribution in [0.25, 0.3) is 0 Å². The first kappa shape index (κ1) is 18.3. The largest absolute Gasteiger partial charge is 0.316 e. The summed E-state index contributed by atoms with van der Waals surface area (Å²) >= 11 is 0. The fourth-order valence-electron chi connectivity index (χ4n) is 2.39. The maximum absolute atomic E-state index is 13.6. The van der Waals surface area contributed by atoms with E-state index in [1.165, 1.54) is 0 Å². The second kappa shape index (κ2) is 7.49. The van der Waals surface area contributed by atoms with Crippen LogP contribution >= 0.6 is 12.4 Å². The van der Waals surface area contributed by atoms with Crippen molar-refractivity contribution in [2.75, 3.05) is 13.1 Å². The molecule has 0 aromatic heterocycles. The molecule has 1 aliphatic rings. The zero-order valence-electron chi connectivity index (χ0n) is 11.6. The second-order valence-corrected chi connectivity index (χ2v) is 6.77. The van der Waals surface area contributed by atoms with E-state index in [1.54, 1.807) is 6.92 Å². The summed E-state index contributed by atoms with van der Waals surface area (Å²) in [6, 6.07) is 2.07. The van der Waals surface area contributed by atoms with E-state index >= 15 is 0 Å². The molecule has 0 aliphatic carbocycles. The Hall–Kier alpha value is -0.760. The third-order valence-corrected chi connectivity index (χ3v) is 5.14. The number of halogens is 3. The summed E-state index contributed by atoms with van der Waals surface area (Å²) in [5.74, 6) is -1.58. The van der Waals surface area contributed by atoms with Crippen LogP contribution < -0.4 is 10.0 Å². The quantitative estimate of drug-likeness (QED) is 0.882. The Bertz CT molecular complexity index is 578. The molecule has 2 atom stereocenters. The smallest absolute Gasteiger partial charge is 0.243 e. The average molecular weight is 341 g/mol. The topological polar surface area (TPSA) is 58.2 Å². The summed E-state index contributed by atoms with van der Waals surface area (Å²) in [5.41, 5.74) is 0. The van der Waals surface area contributed by atoms with E-state index in [-0.39, 0.29) is 24.4 Å². The number of sulfonamides is 1. The Kier molecular flexibility index (Phi) is 6.52. The van der Waals surface area contributed by atoms with Gasteiger partial charge in [0.1, 0.15) is 16.5 Å². The van der Waals surface area contributed by atoms with Crippen molar-refractivity contribution < 1.29 is 17.2 Å². The van der Waals surface area contributed by atoms with Crippen LogP contribution in [-0.2, 0) is 10.0 Å². The molecule has 1 fully saturated rings. The SMILES string of the molecule is CC(NS(=O)(=O)c1cc(F)ccc1F)C1CCCNC1.Cl. The fourth-order valence-corrected chi connectivity index (χ4v) is 3.79. The van der Waals surface area contributed by atoms with Crippen molar-refractivity contribution in [3.05, 3.63) is 29.8 Å². The highest BCUT2D eigenvalue weighted by atomic mass is 35.5. The van der Waals surface area contributed by atoms with Crippen molar-refractivity contribution in [1.82, 2.24) is 10.0 Å². The summed E-state index contributed by atoms with van der Waals surface area (Å²) in [6.07, 6.45) is 1.88. The molecule has 1 aromatic carbocycles. The average Bonchev–Trinajstić information content (AvgIpc) is 2.42. The lowest BCUT2D eigenvalue weighted by atomic mass is 9.94. The molecule has 2 N–H and O–H groups in total. The molecule has 0 amide bonds. The van der Waals surface area contributed by atoms with E-state index < -0.39 is 26.6 Å². The van der Waals surface area contributed by atoms with E-state index in [0.717, 1.165) is 38.1 Å². The Morgan fingerprint density at radius 1 is 1.38 bits per heavy atom. The minimum absolute atomic E-state index is 0. The Balaban J connectivity index is 0.00000220. The highest BCUT2D eigenvalue weighted by Crippen LogP contribution is 2.19. The van der Waals surface area contributed by atoms with E-state index in [1.807, 2.05) is 0 Å². The van der Waals surface area contributed by atoms with Gasteiger partial charge >= 0.3 is 0 Å². The second-order valence-electron chi connectivity index (χ2n) is 5.09. The summed E-state index contributed by atoms with van der Waals surface area (Å²) in [6.45, 7) is 3.39. The number of piperidine rings is 1. The molecule has 8 heteroatoms. The van der Waals surface area contributed by atoms with Crippen LogP contribution in [0.5, 0.6) is 0 Å². The van der Waals surface area contributed by atoms with Gasteiger partial charge in [0.2, 0.25) is 10.0 Å². The van der Waals surface area contributed by atoms with Crippen LogP contribution in [0.1, 0.15) is 19.8 Å². The molecule has 21 heavy (non-hydrogen) atoms. The first-order valence-corrected chi connectivity index (χ1v) is 8.06. The van der Waals surface area contributed by atoms with Gasteiger partial charge in [-0.25, -0.2) is 21.9 Å². The van der Waals surface area contributed by atoms with Crippen LogP contribution in [0.3, 0.4) is 0 Å². The Labute approximate surface area is 129 Å². The molecule has 1 aliphatic heterocycles. The normalized spacial score (nSPS) is 20.6. The molecule has 1 saturated heterocycles. The first-order chi connectivity index (χ1) is 9.40. The maximum Gasteiger partial charge on any atom is 0.243 e. The van der Waals surface area contributed by atoms with E-state index in [4.69, 9.17) is 0 Å². The molecular weight excluding hydrogens is 322 g/mol. The maximum atomic E-state index is 13.6. The van der Waals surface area contributed by atoms with Crippen molar-refractivity contribution in [3.63, 3.8) is 0 Å². The third kappa shape index (κ3) is 4.60. The summed E-state index contributed by atoms with van der Waals surface area (Å²) < 4.78 is 53.3. The van der Waals surface area contributed by atoms with Gasteiger partial charge in [0.25, 0.3) is 0 Å². The van der Waals surface area contributed by atoms with Crippen LogP contribution in [-0.4, -0.2) is 27.5 Å². The molecule has 0 radical (unpaired) electrons. The van der Waals surface area contributed by atoms with Crippen LogP contribution in [0.2, 0.25) is 0 Å². The van der Waals surface area contributed by atoms with Gasteiger partial charge in [0, 0.05) is 6.04 Å². The number of hydrogen-bond acceptors (Lipinski definition) is 3. The zero-order chi connectivity index (χ0) is 14.8. The minimum atomic E-state index is -4.05. The predicted molar refractivity (Wildman–Crippen MR) is 79.0 cm³/mol. The van der Waals surface area contributed by atoms with Crippen molar-refractivity contribution >= 4 is 22.4 Å². The molecule has 0 spiro atoms. The van der Waals surface area contributed by atoms with Gasteiger partial charge in [-0.2, -0.15) is 0 Å².